The molecule has 0 aromatic rings. The van der Waals surface area contributed by atoms with Gasteiger partial charge in [-0.1, -0.05) is 0 Å². The first kappa shape index (κ1) is 12.3. The first-order valence-electron chi connectivity index (χ1n) is 6.69. The second-order valence-electron chi connectivity index (χ2n) is 5.47. The van der Waals surface area contributed by atoms with Crippen molar-refractivity contribution >= 4 is 0 Å². The van der Waals surface area contributed by atoms with Crippen LogP contribution in [0, 0.1) is 11.8 Å². The van der Waals surface area contributed by atoms with E-state index in [9.17, 15) is 0 Å². The van der Waals surface area contributed by atoms with Crippen LogP contribution in [0.1, 0.15) is 38.5 Å². The third kappa shape index (κ3) is 3.44. The fraction of sp³-hybridized carbons (Fsp3) is 1.00. The van der Waals surface area contributed by atoms with Crippen LogP contribution in [0.2, 0.25) is 0 Å². The standard InChI is InChI=1S/C13H25NO2/c1-16-9-13(11-4-5-11)14-12-6-2-10(8-15)3-7-12/h10-15H,2-9H2,1H3. The van der Waals surface area contributed by atoms with Crippen molar-refractivity contribution < 1.29 is 9.84 Å². The third-order valence-electron chi connectivity index (χ3n) is 4.09. The van der Waals surface area contributed by atoms with Crippen molar-refractivity contribution in [2.75, 3.05) is 20.3 Å². The second kappa shape index (κ2) is 5.99. The Balaban J connectivity index is 1.71. The van der Waals surface area contributed by atoms with Gasteiger partial charge in [0.05, 0.1) is 6.61 Å². The Morgan fingerprint density at radius 3 is 2.38 bits per heavy atom. The number of rotatable bonds is 6. The molecule has 0 bridgehead atoms. The summed E-state index contributed by atoms with van der Waals surface area (Å²) < 4.78 is 5.29. The zero-order chi connectivity index (χ0) is 11.4. The van der Waals surface area contributed by atoms with Crippen LogP contribution in [0.3, 0.4) is 0 Å². The number of hydrogen-bond donors (Lipinski definition) is 2. The van der Waals surface area contributed by atoms with Gasteiger partial charge in [-0.2, -0.15) is 0 Å². The summed E-state index contributed by atoms with van der Waals surface area (Å²) in [6, 6.07) is 1.23. The molecule has 0 aliphatic heterocycles. The third-order valence-corrected chi connectivity index (χ3v) is 4.09. The van der Waals surface area contributed by atoms with E-state index < -0.39 is 0 Å². The van der Waals surface area contributed by atoms with E-state index >= 15 is 0 Å². The summed E-state index contributed by atoms with van der Waals surface area (Å²) in [5, 5.41) is 12.9. The van der Waals surface area contributed by atoms with Gasteiger partial charge in [0.2, 0.25) is 0 Å². The van der Waals surface area contributed by atoms with E-state index in [4.69, 9.17) is 9.84 Å². The van der Waals surface area contributed by atoms with Crippen molar-refractivity contribution in [3.63, 3.8) is 0 Å². The minimum atomic E-state index is 0.372. The van der Waals surface area contributed by atoms with Crippen LogP contribution >= 0.6 is 0 Å². The Hall–Kier alpha value is -0.120. The summed E-state index contributed by atoms with van der Waals surface area (Å²) in [7, 11) is 1.79. The van der Waals surface area contributed by atoms with Gasteiger partial charge in [-0.3, -0.25) is 0 Å². The zero-order valence-corrected chi connectivity index (χ0v) is 10.3. The van der Waals surface area contributed by atoms with E-state index in [1.165, 1.54) is 38.5 Å². The molecule has 2 saturated carbocycles. The highest BCUT2D eigenvalue weighted by Crippen LogP contribution is 2.34. The average Bonchev–Trinajstić information content (AvgIpc) is 3.13. The first-order valence-corrected chi connectivity index (χ1v) is 6.69. The van der Waals surface area contributed by atoms with Crippen LogP contribution in [0.15, 0.2) is 0 Å². The number of ether oxygens (including phenoxy) is 1. The Bertz CT molecular complexity index is 198. The minimum Gasteiger partial charge on any atom is -0.396 e. The zero-order valence-electron chi connectivity index (χ0n) is 10.3. The monoisotopic (exact) mass is 227 g/mol. The fourth-order valence-electron chi connectivity index (χ4n) is 2.81. The van der Waals surface area contributed by atoms with Gasteiger partial charge in [0.15, 0.2) is 0 Å². The molecule has 3 heteroatoms. The Labute approximate surface area is 98.6 Å². The van der Waals surface area contributed by atoms with Crippen LogP contribution in [0.4, 0.5) is 0 Å². The number of methoxy groups -OCH3 is 1. The van der Waals surface area contributed by atoms with Gasteiger partial charge >= 0.3 is 0 Å². The predicted molar refractivity (Wildman–Crippen MR) is 64.4 cm³/mol. The molecular weight excluding hydrogens is 202 g/mol. The summed E-state index contributed by atoms with van der Waals surface area (Å²) >= 11 is 0. The van der Waals surface area contributed by atoms with E-state index in [2.05, 4.69) is 5.32 Å². The SMILES string of the molecule is COCC(NC1CCC(CO)CC1)C1CC1. The minimum absolute atomic E-state index is 0.372. The maximum Gasteiger partial charge on any atom is 0.0618 e. The molecule has 0 heterocycles. The van der Waals surface area contributed by atoms with E-state index in [0.29, 0.717) is 24.6 Å². The van der Waals surface area contributed by atoms with Crippen LogP contribution in [0.5, 0.6) is 0 Å². The molecule has 0 saturated heterocycles. The summed E-state index contributed by atoms with van der Waals surface area (Å²) in [6.45, 7) is 1.22. The quantitative estimate of drug-likeness (QED) is 0.723. The van der Waals surface area contributed by atoms with E-state index in [0.717, 1.165) is 12.5 Å². The average molecular weight is 227 g/mol. The summed E-state index contributed by atoms with van der Waals surface area (Å²) in [5.74, 6) is 1.41. The number of nitrogens with one attached hydrogen (secondary N) is 1. The van der Waals surface area contributed by atoms with E-state index in [1.54, 1.807) is 7.11 Å². The molecule has 16 heavy (non-hydrogen) atoms. The van der Waals surface area contributed by atoms with Gasteiger partial charge in [0, 0.05) is 25.8 Å². The van der Waals surface area contributed by atoms with Crippen molar-refractivity contribution in [2.24, 2.45) is 11.8 Å². The first-order chi connectivity index (χ1) is 7.83. The molecule has 2 aliphatic rings. The van der Waals surface area contributed by atoms with Crippen molar-refractivity contribution in [2.45, 2.75) is 50.6 Å². The van der Waals surface area contributed by atoms with Crippen molar-refractivity contribution in [3.05, 3.63) is 0 Å². The summed E-state index contributed by atoms with van der Waals surface area (Å²) in [5.41, 5.74) is 0. The van der Waals surface area contributed by atoms with Crippen LogP contribution in [0.25, 0.3) is 0 Å². The summed E-state index contributed by atoms with van der Waals surface area (Å²) in [4.78, 5) is 0. The topological polar surface area (TPSA) is 41.5 Å². The molecule has 0 aromatic carbocycles. The fourth-order valence-corrected chi connectivity index (χ4v) is 2.81. The lowest BCUT2D eigenvalue weighted by molar-refractivity contribution is 0.133. The maximum atomic E-state index is 9.10. The predicted octanol–water partition coefficient (Wildman–Crippen LogP) is 1.55. The van der Waals surface area contributed by atoms with Crippen molar-refractivity contribution in [3.8, 4) is 0 Å². The highest BCUT2D eigenvalue weighted by Gasteiger charge is 2.33. The van der Waals surface area contributed by atoms with E-state index in [-0.39, 0.29) is 0 Å². The normalized spacial score (nSPS) is 32.6. The number of aliphatic hydroxyl groups excluding tert-OH is 1. The van der Waals surface area contributed by atoms with Crippen LogP contribution < -0.4 is 5.32 Å². The molecule has 94 valence electrons. The Kier molecular flexibility index (Phi) is 4.62. The van der Waals surface area contributed by atoms with Gasteiger partial charge in [-0.25, -0.2) is 0 Å². The lowest BCUT2D eigenvalue weighted by atomic mass is 9.86. The maximum absolute atomic E-state index is 9.10. The molecule has 2 fully saturated rings. The van der Waals surface area contributed by atoms with Gasteiger partial charge in [0.25, 0.3) is 0 Å². The van der Waals surface area contributed by atoms with Crippen molar-refractivity contribution in [1.82, 2.24) is 5.32 Å². The highest BCUT2D eigenvalue weighted by atomic mass is 16.5. The Morgan fingerprint density at radius 2 is 1.88 bits per heavy atom. The van der Waals surface area contributed by atoms with Crippen molar-refractivity contribution in [1.29, 1.82) is 0 Å². The highest BCUT2D eigenvalue weighted by molar-refractivity contribution is 4.89. The van der Waals surface area contributed by atoms with Gasteiger partial charge in [-0.15, -0.1) is 0 Å². The lowest BCUT2D eigenvalue weighted by Gasteiger charge is -2.31. The van der Waals surface area contributed by atoms with Gasteiger partial charge in [0.1, 0.15) is 0 Å². The smallest absolute Gasteiger partial charge is 0.0618 e. The molecule has 0 spiro atoms. The van der Waals surface area contributed by atoms with Gasteiger partial charge in [-0.05, 0) is 50.4 Å². The molecule has 2 aliphatic carbocycles. The molecule has 2 rings (SSSR count). The summed E-state index contributed by atoms with van der Waals surface area (Å²) in [6.07, 6.45) is 7.54. The molecular formula is C13H25NO2. The molecule has 0 radical (unpaired) electrons. The largest absolute Gasteiger partial charge is 0.396 e. The van der Waals surface area contributed by atoms with E-state index in [1.807, 2.05) is 0 Å². The molecule has 1 unspecified atom stereocenters. The molecule has 3 nitrogen and oxygen atoms in total. The Morgan fingerprint density at radius 1 is 1.19 bits per heavy atom. The molecule has 0 amide bonds. The molecule has 0 aromatic heterocycles. The van der Waals surface area contributed by atoms with Gasteiger partial charge < -0.3 is 15.2 Å². The van der Waals surface area contributed by atoms with Crippen LogP contribution in [-0.2, 0) is 4.74 Å². The molecule has 1 atom stereocenters. The second-order valence-corrected chi connectivity index (χ2v) is 5.47. The number of aliphatic hydroxyl groups is 1. The van der Waals surface area contributed by atoms with Crippen LogP contribution in [-0.4, -0.2) is 37.5 Å². The lowest BCUT2D eigenvalue weighted by Crippen LogP contribution is -2.44. The molecule has 2 N–H and O–H groups in total. The number of hydrogen-bond acceptors (Lipinski definition) is 3.